The summed E-state index contributed by atoms with van der Waals surface area (Å²) < 4.78 is 10.1. The Balaban J connectivity index is 2.76. The van der Waals surface area contributed by atoms with Crippen LogP contribution >= 0.6 is 0 Å². The van der Waals surface area contributed by atoms with E-state index in [0.29, 0.717) is 25.7 Å². The van der Waals surface area contributed by atoms with Gasteiger partial charge in [-0.1, -0.05) is 0 Å². The van der Waals surface area contributed by atoms with Crippen molar-refractivity contribution in [3.8, 4) is 6.07 Å². The van der Waals surface area contributed by atoms with Gasteiger partial charge in [-0.25, -0.2) is 4.79 Å². The highest BCUT2D eigenvalue weighted by Gasteiger charge is 2.18. The predicted molar refractivity (Wildman–Crippen MR) is 65.1 cm³/mol. The van der Waals surface area contributed by atoms with Crippen LogP contribution in [0, 0.1) is 17.2 Å². The molecule has 0 aromatic carbocycles. The number of carbonyl (C=O) groups is 1. The predicted octanol–water partition coefficient (Wildman–Crippen LogP) is 1.84. The zero-order valence-electron chi connectivity index (χ0n) is 10.8. The maximum Gasteiger partial charge on any atom is 0.360 e. The standard InChI is InChI=1S/C12H17N3O3/c1-4-15(7-9(3)6-13)12-14-10(8-18-12)11(16)17-5-2/h8-9H,4-5,7H2,1-3H3. The van der Waals surface area contributed by atoms with Gasteiger partial charge in [-0.05, 0) is 20.8 Å². The molecule has 0 saturated carbocycles. The van der Waals surface area contributed by atoms with Crippen molar-refractivity contribution in [3.63, 3.8) is 0 Å². The Bertz CT molecular complexity index is 436. The summed E-state index contributed by atoms with van der Waals surface area (Å²) in [7, 11) is 0. The number of ether oxygens (including phenoxy) is 1. The van der Waals surface area contributed by atoms with Crippen LogP contribution in [0.4, 0.5) is 6.01 Å². The van der Waals surface area contributed by atoms with Crippen LogP contribution in [0.1, 0.15) is 31.3 Å². The zero-order valence-corrected chi connectivity index (χ0v) is 10.8. The maximum absolute atomic E-state index is 11.4. The van der Waals surface area contributed by atoms with Crippen LogP contribution in [-0.4, -0.2) is 30.6 Å². The molecule has 0 aliphatic carbocycles. The molecular weight excluding hydrogens is 234 g/mol. The van der Waals surface area contributed by atoms with E-state index in [0.717, 1.165) is 0 Å². The minimum atomic E-state index is -0.503. The Morgan fingerprint density at radius 1 is 1.67 bits per heavy atom. The average Bonchev–Trinajstić information content (AvgIpc) is 2.85. The summed E-state index contributed by atoms with van der Waals surface area (Å²) in [5.41, 5.74) is 0.148. The molecule has 0 aliphatic heterocycles. The van der Waals surface area contributed by atoms with E-state index >= 15 is 0 Å². The van der Waals surface area contributed by atoms with Gasteiger partial charge in [-0.3, -0.25) is 0 Å². The molecule has 1 rings (SSSR count). The third-order valence-corrected chi connectivity index (χ3v) is 2.34. The maximum atomic E-state index is 11.4. The number of nitriles is 1. The quantitative estimate of drug-likeness (QED) is 0.718. The van der Waals surface area contributed by atoms with Crippen LogP contribution in [-0.2, 0) is 4.74 Å². The van der Waals surface area contributed by atoms with Gasteiger partial charge in [0.2, 0.25) is 0 Å². The number of oxazole rings is 1. The van der Waals surface area contributed by atoms with Crippen LogP contribution in [0.3, 0.4) is 0 Å². The van der Waals surface area contributed by atoms with Gasteiger partial charge in [0.05, 0.1) is 18.6 Å². The topological polar surface area (TPSA) is 79.4 Å². The normalized spacial score (nSPS) is 11.7. The third kappa shape index (κ3) is 3.48. The summed E-state index contributed by atoms with van der Waals surface area (Å²) in [5, 5.41) is 8.79. The molecule has 6 heteroatoms. The first-order chi connectivity index (χ1) is 8.62. The van der Waals surface area contributed by atoms with Gasteiger partial charge < -0.3 is 14.1 Å². The van der Waals surface area contributed by atoms with Crippen LogP contribution in [0.5, 0.6) is 0 Å². The number of hydrogen-bond donors (Lipinski definition) is 0. The molecule has 0 N–H and O–H groups in total. The molecule has 6 nitrogen and oxygen atoms in total. The molecule has 0 saturated heterocycles. The summed E-state index contributed by atoms with van der Waals surface area (Å²) in [5.74, 6) is -0.639. The van der Waals surface area contributed by atoms with Crippen molar-refractivity contribution < 1.29 is 13.9 Å². The molecular formula is C12H17N3O3. The number of nitrogens with zero attached hydrogens (tertiary/aromatic N) is 3. The monoisotopic (exact) mass is 251 g/mol. The van der Waals surface area contributed by atoms with Crippen LogP contribution < -0.4 is 4.90 Å². The molecule has 1 heterocycles. The molecule has 1 aromatic heterocycles. The van der Waals surface area contributed by atoms with E-state index < -0.39 is 5.97 Å². The second-order valence-electron chi connectivity index (χ2n) is 3.80. The fourth-order valence-corrected chi connectivity index (χ4v) is 1.42. The third-order valence-electron chi connectivity index (χ3n) is 2.34. The minimum absolute atomic E-state index is 0.136. The molecule has 18 heavy (non-hydrogen) atoms. The van der Waals surface area contributed by atoms with Gasteiger partial charge in [0.1, 0.15) is 6.26 Å². The van der Waals surface area contributed by atoms with Crippen molar-refractivity contribution in [2.24, 2.45) is 5.92 Å². The van der Waals surface area contributed by atoms with Gasteiger partial charge >= 0.3 is 5.97 Å². The largest absolute Gasteiger partial charge is 0.461 e. The Morgan fingerprint density at radius 2 is 2.39 bits per heavy atom. The van der Waals surface area contributed by atoms with Crippen molar-refractivity contribution in [3.05, 3.63) is 12.0 Å². The Hall–Kier alpha value is -2.03. The molecule has 0 fully saturated rings. The van der Waals surface area contributed by atoms with Crippen molar-refractivity contribution in [1.82, 2.24) is 4.98 Å². The van der Waals surface area contributed by atoms with E-state index in [1.54, 1.807) is 11.8 Å². The van der Waals surface area contributed by atoms with Crippen molar-refractivity contribution >= 4 is 12.0 Å². The summed E-state index contributed by atoms with van der Waals surface area (Å²) >= 11 is 0. The zero-order chi connectivity index (χ0) is 13.5. The first-order valence-electron chi connectivity index (χ1n) is 5.89. The van der Waals surface area contributed by atoms with Crippen molar-refractivity contribution in [2.75, 3.05) is 24.6 Å². The van der Waals surface area contributed by atoms with Gasteiger partial charge in [-0.2, -0.15) is 10.2 Å². The molecule has 1 unspecified atom stereocenters. The SMILES string of the molecule is CCOC(=O)c1coc(N(CC)CC(C)C#N)n1. The number of esters is 1. The average molecular weight is 251 g/mol. The Kier molecular flexibility index (Phi) is 5.18. The number of rotatable bonds is 6. The molecule has 0 aliphatic rings. The smallest absolute Gasteiger partial charge is 0.360 e. The number of hydrogen-bond acceptors (Lipinski definition) is 6. The fraction of sp³-hybridized carbons (Fsp3) is 0.583. The van der Waals surface area contributed by atoms with Crippen molar-refractivity contribution in [2.45, 2.75) is 20.8 Å². The minimum Gasteiger partial charge on any atom is -0.461 e. The molecule has 0 amide bonds. The van der Waals surface area contributed by atoms with E-state index in [1.165, 1.54) is 6.26 Å². The first kappa shape index (κ1) is 14.0. The lowest BCUT2D eigenvalue weighted by Crippen LogP contribution is -2.28. The molecule has 98 valence electrons. The Morgan fingerprint density at radius 3 is 2.94 bits per heavy atom. The fourth-order valence-electron chi connectivity index (χ4n) is 1.42. The summed E-state index contributed by atoms with van der Waals surface area (Å²) in [4.78, 5) is 17.3. The summed E-state index contributed by atoms with van der Waals surface area (Å²) in [6.07, 6.45) is 1.27. The first-order valence-corrected chi connectivity index (χ1v) is 5.89. The van der Waals surface area contributed by atoms with Crippen LogP contribution in [0.2, 0.25) is 0 Å². The number of anilines is 1. The van der Waals surface area contributed by atoms with Gasteiger partial charge in [0.15, 0.2) is 5.69 Å². The Labute approximate surface area is 106 Å². The number of carbonyl (C=O) groups excluding carboxylic acids is 1. The van der Waals surface area contributed by atoms with Gasteiger partial charge in [-0.15, -0.1) is 0 Å². The van der Waals surface area contributed by atoms with Crippen LogP contribution in [0.25, 0.3) is 0 Å². The number of aromatic nitrogens is 1. The van der Waals surface area contributed by atoms with E-state index in [1.807, 2.05) is 13.8 Å². The van der Waals surface area contributed by atoms with E-state index in [4.69, 9.17) is 14.4 Å². The van der Waals surface area contributed by atoms with Crippen LogP contribution in [0.15, 0.2) is 10.7 Å². The van der Waals surface area contributed by atoms with Gasteiger partial charge in [0.25, 0.3) is 6.01 Å². The molecule has 0 spiro atoms. The summed E-state index contributed by atoms with van der Waals surface area (Å²) in [6, 6.07) is 2.48. The van der Waals surface area contributed by atoms with Crippen molar-refractivity contribution in [1.29, 1.82) is 5.26 Å². The molecule has 0 radical (unpaired) electrons. The van der Waals surface area contributed by atoms with Gasteiger partial charge in [0, 0.05) is 13.1 Å². The molecule has 0 bridgehead atoms. The summed E-state index contributed by atoms with van der Waals surface area (Å²) in [6.45, 7) is 6.93. The lowest BCUT2D eigenvalue weighted by Gasteiger charge is -2.19. The van der Waals surface area contributed by atoms with E-state index in [2.05, 4.69) is 11.1 Å². The highest BCUT2D eigenvalue weighted by Crippen LogP contribution is 2.15. The second kappa shape index (κ2) is 6.64. The lowest BCUT2D eigenvalue weighted by molar-refractivity contribution is 0.0519. The highest BCUT2D eigenvalue weighted by atomic mass is 16.5. The van der Waals surface area contributed by atoms with E-state index in [-0.39, 0.29) is 11.6 Å². The molecule has 1 aromatic rings. The second-order valence-corrected chi connectivity index (χ2v) is 3.80. The lowest BCUT2D eigenvalue weighted by atomic mass is 10.2. The van der Waals surface area contributed by atoms with E-state index in [9.17, 15) is 4.79 Å². The molecule has 1 atom stereocenters. The highest BCUT2D eigenvalue weighted by molar-refractivity contribution is 5.87.